The molecule has 1 aromatic rings. The van der Waals surface area contributed by atoms with Crippen LogP contribution in [0, 0.1) is 10.1 Å². The molecular formula is C11H12N2O3. The number of fused-ring (bicyclic) bond motifs is 1. The van der Waals surface area contributed by atoms with E-state index in [9.17, 15) is 10.1 Å². The van der Waals surface area contributed by atoms with Crippen molar-refractivity contribution in [3.63, 3.8) is 0 Å². The summed E-state index contributed by atoms with van der Waals surface area (Å²) in [6.45, 7) is 3.28. The first-order valence-electron chi connectivity index (χ1n) is 5.32. The normalized spacial score (nSPS) is 20.5. The molecule has 0 unspecified atom stereocenters. The lowest BCUT2D eigenvalue weighted by Gasteiger charge is -2.34. The molecule has 0 spiro atoms. The lowest BCUT2D eigenvalue weighted by Crippen LogP contribution is -2.46. The van der Waals surface area contributed by atoms with Crippen molar-refractivity contribution in [3.8, 4) is 0 Å². The van der Waals surface area contributed by atoms with Gasteiger partial charge in [-0.25, -0.2) is 0 Å². The Balaban J connectivity index is 1.83. The van der Waals surface area contributed by atoms with Gasteiger partial charge in [0, 0.05) is 25.2 Å². The molecule has 16 heavy (non-hydrogen) atoms. The van der Waals surface area contributed by atoms with E-state index in [-0.39, 0.29) is 10.6 Å². The van der Waals surface area contributed by atoms with Gasteiger partial charge in [0.1, 0.15) is 0 Å². The van der Waals surface area contributed by atoms with Crippen LogP contribution in [0.1, 0.15) is 11.1 Å². The Morgan fingerprint density at radius 1 is 1.31 bits per heavy atom. The van der Waals surface area contributed by atoms with Crippen molar-refractivity contribution < 1.29 is 9.66 Å². The third-order valence-corrected chi connectivity index (χ3v) is 3.28. The number of benzene rings is 1. The van der Waals surface area contributed by atoms with Gasteiger partial charge in [0.05, 0.1) is 24.2 Å². The second kappa shape index (κ2) is 3.54. The first-order chi connectivity index (χ1) is 7.74. The summed E-state index contributed by atoms with van der Waals surface area (Å²) < 4.78 is 5.16. The van der Waals surface area contributed by atoms with Crippen LogP contribution in [0.2, 0.25) is 0 Å². The molecular weight excluding hydrogens is 208 g/mol. The number of nitro benzene ring substituents is 1. The monoisotopic (exact) mass is 220 g/mol. The Kier molecular flexibility index (Phi) is 2.15. The van der Waals surface area contributed by atoms with Gasteiger partial charge in [-0.3, -0.25) is 15.0 Å². The molecule has 1 saturated heterocycles. The average Bonchev–Trinajstić information content (AvgIpc) is 2.56. The molecule has 1 aromatic carbocycles. The molecule has 2 heterocycles. The number of hydrogen-bond acceptors (Lipinski definition) is 4. The molecule has 0 atom stereocenters. The Morgan fingerprint density at radius 2 is 2.06 bits per heavy atom. The summed E-state index contributed by atoms with van der Waals surface area (Å²) in [5.41, 5.74) is 2.48. The number of rotatable bonds is 2. The Morgan fingerprint density at radius 3 is 2.69 bits per heavy atom. The van der Waals surface area contributed by atoms with Crippen LogP contribution in [0.4, 0.5) is 5.69 Å². The van der Waals surface area contributed by atoms with E-state index in [1.54, 1.807) is 12.1 Å². The van der Waals surface area contributed by atoms with E-state index in [1.807, 2.05) is 6.07 Å². The number of non-ortho nitro benzene ring substituents is 1. The molecule has 0 bridgehead atoms. The van der Waals surface area contributed by atoms with Crippen LogP contribution < -0.4 is 0 Å². The zero-order chi connectivity index (χ0) is 11.1. The van der Waals surface area contributed by atoms with Gasteiger partial charge in [-0.2, -0.15) is 0 Å². The third-order valence-electron chi connectivity index (χ3n) is 3.28. The fourth-order valence-electron chi connectivity index (χ4n) is 2.21. The van der Waals surface area contributed by atoms with E-state index in [0.29, 0.717) is 6.04 Å². The topological polar surface area (TPSA) is 55.6 Å². The molecule has 84 valence electrons. The molecule has 5 heteroatoms. The Bertz CT molecular complexity index is 443. The minimum Gasteiger partial charge on any atom is -0.378 e. The summed E-state index contributed by atoms with van der Waals surface area (Å²) in [7, 11) is 0. The lowest BCUT2D eigenvalue weighted by atomic mass is 10.1. The maximum Gasteiger partial charge on any atom is 0.269 e. The van der Waals surface area contributed by atoms with Crippen molar-refractivity contribution in [1.82, 2.24) is 4.90 Å². The fraction of sp³-hybridized carbons (Fsp3) is 0.455. The van der Waals surface area contributed by atoms with Crippen LogP contribution in [-0.4, -0.2) is 29.1 Å². The van der Waals surface area contributed by atoms with Gasteiger partial charge < -0.3 is 4.74 Å². The molecule has 5 nitrogen and oxygen atoms in total. The summed E-state index contributed by atoms with van der Waals surface area (Å²) in [6, 6.07) is 5.63. The van der Waals surface area contributed by atoms with Gasteiger partial charge in [-0.05, 0) is 11.1 Å². The third kappa shape index (κ3) is 1.48. The molecule has 2 aliphatic heterocycles. The zero-order valence-corrected chi connectivity index (χ0v) is 8.76. The summed E-state index contributed by atoms with van der Waals surface area (Å²) >= 11 is 0. The highest BCUT2D eigenvalue weighted by Gasteiger charge is 2.31. The summed E-state index contributed by atoms with van der Waals surface area (Å²) in [6.07, 6.45) is 0. The van der Waals surface area contributed by atoms with Crippen LogP contribution >= 0.6 is 0 Å². The number of nitro groups is 1. The molecule has 0 radical (unpaired) electrons. The minimum atomic E-state index is -0.338. The van der Waals surface area contributed by atoms with E-state index in [2.05, 4.69) is 4.90 Å². The Hall–Kier alpha value is -1.46. The molecule has 1 fully saturated rings. The molecule has 3 rings (SSSR count). The maximum absolute atomic E-state index is 10.7. The van der Waals surface area contributed by atoms with Crippen LogP contribution in [0.25, 0.3) is 0 Å². The van der Waals surface area contributed by atoms with Gasteiger partial charge in [0.2, 0.25) is 0 Å². The first-order valence-corrected chi connectivity index (χ1v) is 5.32. The largest absolute Gasteiger partial charge is 0.378 e. The summed E-state index contributed by atoms with van der Waals surface area (Å²) in [4.78, 5) is 12.6. The summed E-state index contributed by atoms with van der Waals surface area (Å²) in [5, 5.41) is 10.7. The molecule has 0 aromatic heterocycles. The van der Waals surface area contributed by atoms with Gasteiger partial charge in [-0.1, -0.05) is 6.07 Å². The predicted octanol–water partition coefficient (Wildman–Crippen LogP) is 1.31. The highest BCUT2D eigenvalue weighted by molar-refractivity contribution is 5.41. The van der Waals surface area contributed by atoms with Gasteiger partial charge in [0.25, 0.3) is 5.69 Å². The van der Waals surface area contributed by atoms with Crippen LogP contribution in [0.15, 0.2) is 18.2 Å². The van der Waals surface area contributed by atoms with Crippen molar-refractivity contribution in [3.05, 3.63) is 39.4 Å². The molecule has 0 saturated carbocycles. The first kappa shape index (κ1) is 9.74. The highest BCUT2D eigenvalue weighted by Crippen LogP contribution is 2.29. The van der Waals surface area contributed by atoms with Crippen molar-refractivity contribution >= 4 is 5.69 Å². The standard InChI is InChI=1S/C11H12N2O3/c14-13(15)10-2-1-8-4-12(5-9(8)3-10)11-6-16-7-11/h1-3,11H,4-7H2. The minimum absolute atomic E-state index is 0.186. The van der Waals surface area contributed by atoms with E-state index in [1.165, 1.54) is 5.56 Å². The fourth-order valence-corrected chi connectivity index (χ4v) is 2.21. The SMILES string of the molecule is O=[N+]([O-])c1ccc2c(c1)CN(C1COC1)C2. The predicted molar refractivity (Wildman–Crippen MR) is 57.0 cm³/mol. The summed E-state index contributed by atoms with van der Waals surface area (Å²) in [5.74, 6) is 0. The van der Waals surface area contributed by atoms with E-state index >= 15 is 0 Å². The van der Waals surface area contributed by atoms with E-state index in [4.69, 9.17) is 4.74 Å². The second-order valence-corrected chi connectivity index (χ2v) is 4.31. The highest BCUT2D eigenvalue weighted by atomic mass is 16.6. The lowest BCUT2D eigenvalue weighted by molar-refractivity contribution is -0.384. The van der Waals surface area contributed by atoms with Crippen LogP contribution in [-0.2, 0) is 17.8 Å². The molecule has 0 amide bonds. The second-order valence-electron chi connectivity index (χ2n) is 4.31. The van der Waals surface area contributed by atoms with Crippen molar-refractivity contribution in [1.29, 1.82) is 0 Å². The van der Waals surface area contributed by atoms with Gasteiger partial charge in [-0.15, -0.1) is 0 Å². The quantitative estimate of drug-likeness (QED) is 0.557. The molecule has 2 aliphatic rings. The number of hydrogen-bond donors (Lipinski definition) is 0. The molecule has 0 N–H and O–H groups in total. The zero-order valence-electron chi connectivity index (χ0n) is 8.76. The molecule has 0 aliphatic carbocycles. The van der Waals surface area contributed by atoms with E-state index in [0.717, 1.165) is 31.9 Å². The van der Waals surface area contributed by atoms with Gasteiger partial charge in [0.15, 0.2) is 0 Å². The number of nitrogens with zero attached hydrogens (tertiary/aromatic N) is 2. The van der Waals surface area contributed by atoms with Crippen LogP contribution in [0.5, 0.6) is 0 Å². The van der Waals surface area contributed by atoms with E-state index < -0.39 is 0 Å². The average molecular weight is 220 g/mol. The maximum atomic E-state index is 10.7. The smallest absolute Gasteiger partial charge is 0.269 e. The van der Waals surface area contributed by atoms with Crippen molar-refractivity contribution in [2.75, 3.05) is 13.2 Å². The van der Waals surface area contributed by atoms with Crippen molar-refractivity contribution in [2.45, 2.75) is 19.1 Å². The Labute approximate surface area is 92.8 Å². The van der Waals surface area contributed by atoms with Crippen LogP contribution in [0.3, 0.4) is 0 Å². The van der Waals surface area contributed by atoms with Gasteiger partial charge >= 0.3 is 0 Å². The van der Waals surface area contributed by atoms with Crippen molar-refractivity contribution in [2.24, 2.45) is 0 Å². The number of ether oxygens (including phenoxy) is 1.